The van der Waals surface area contributed by atoms with E-state index in [0.717, 1.165) is 37.0 Å². The van der Waals surface area contributed by atoms with Crippen molar-refractivity contribution in [3.05, 3.63) is 34.9 Å². The second kappa shape index (κ2) is 5.04. The molecule has 1 aromatic rings. The molecule has 3 nitrogen and oxygen atoms in total. The van der Waals surface area contributed by atoms with Gasteiger partial charge in [0.1, 0.15) is 0 Å². The van der Waals surface area contributed by atoms with Gasteiger partial charge < -0.3 is 10.6 Å². The Bertz CT molecular complexity index is 490. The Balaban J connectivity index is 1.60. The van der Waals surface area contributed by atoms with Gasteiger partial charge in [-0.1, -0.05) is 23.7 Å². The van der Waals surface area contributed by atoms with Gasteiger partial charge in [0.2, 0.25) is 0 Å². The van der Waals surface area contributed by atoms with Crippen molar-refractivity contribution in [3.8, 4) is 0 Å². The number of halogens is 1. The van der Waals surface area contributed by atoms with Crippen LogP contribution in [-0.4, -0.2) is 30.5 Å². The molecule has 0 amide bonds. The number of likely N-dealkylation sites (tertiary alicyclic amines) is 1. The van der Waals surface area contributed by atoms with Crippen LogP contribution in [0.4, 0.5) is 0 Å². The Morgan fingerprint density at radius 1 is 1.37 bits per heavy atom. The molecule has 102 valence electrons. The summed E-state index contributed by atoms with van der Waals surface area (Å²) >= 11 is 6.04. The minimum atomic E-state index is 0.334. The number of nitrogens with two attached hydrogens (primary N) is 1. The molecule has 1 aliphatic heterocycles. The summed E-state index contributed by atoms with van der Waals surface area (Å²) < 4.78 is 0. The van der Waals surface area contributed by atoms with Crippen molar-refractivity contribution < 1.29 is 0 Å². The van der Waals surface area contributed by atoms with Crippen LogP contribution in [0, 0.1) is 5.41 Å². The van der Waals surface area contributed by atoms with Gasteiger partial charge in [0.15, 0.2) is 5.96 Å². The lowest BCUT2D eigenvalue weighted by Crippen LogP contribution is -2.46. The maximum absolute atomic E-state index is 6.04. The van der Waals surface area contributed by atoms with Gasteiger partial charge >= 0.3 is 0 Å². The Morgan fingerprint density at radius 2 is 2.16 bits per heavy atom. The van der Waals surface area contributed by atoms with Gasteiger partial charge in [0.05, 0.1) is 0 Å². The van der Waals surface area contributed by atoms with Gasteiger partial charge in [-0.2, -0.15) is 0 Å². The summed E-state index contributed by atoms with van der Waals surface area (Å²) in [4.78, 5) is 6.73. The molecule has 3 rings (SSSR count). The molecule has 0 unspecified atom stereocenters. The second-order valence-electron chi connectivity index (χ2n) is 5.82. The van der Waals surface area contributed by atoms with Crippen LogP contribution in [0.1, 0.15) is 24.8 Å². The smallest absolute Gasteiger partial charge is 0.191 e. The van der Waals surface area contributed by atoms with E-state index in [1.54, 1.807) is 0 Å². The van der Waals surface area contributed by atoms with E-state index in [-0.39, 0.29) is 0 Å². The van der Waals surface area contributed by atoms with Crippen LogP contribution in [0.15, 0.2) is 29.3 Å². The molecule has 2 fully saturated rings. The molecular weight excluding hydrogens is 258 g/mol. The van der Waals surface area contributed by atoms with Crippen molar-refractivity contribution in [2.45, 2.75) is 25.7 Å². The average Bonchev–Trinajstić information content (AvgIpc) is 3.05. The zero-order valence-electron chi connectivity index (χ0n) is 11.1. The molecule has 1 aliphatic carbocycles. The van der Waals surface area contributed by atoms with Crippen LogP contribution in [0.2, 0.25) is 5.02 Å². The van der Waals surface area contributed by atoms with Crippen LogP contribution in [-0.2, 0) is 6.42 Å². The predicted octanol–water partition coefficient (Wildman–Crippen LogP) is 2.68. The average molecular weight is 278 g/mol. The van der Waals surface area contributed by atoms with Crippen LogP contribution in [0.25, 0.3) is 0 Å². The summed E-state index contributed by atoms with van der Waals surface area (Å²) in [6, 6.07) is 8.15. The molecule has 0 spiro atoms. The standard InChI is InChI=1S/C15H20ClN3/c16-13-4-1-3-12(9-13)10-15(5-6-15)11-18-14(17)19-7-2-8-19/h1,3-4,9H,2,5-8,10-11H2,(H2,17,18). The SMILES string of the molecule is NC(=NCC1(Cc2cccc(Cl)c2)CC1)N1CCC1. The first-order valence-corrected chi connectivity index (χ1v) is 7.34. The molecule has 1 saturated heterocycles. The molecule has 1 heterocycles. The molecule has 19 heavy (non-hydrogen) atoms. The summed E-state index contributed by atoms with van der Waals surface area (Å²) in [6.45, 7) is 2.98. The van der Waals surface area contributed by atoms with Gasteiger partial charge in [-0.15, -0.1) is 0 Å². The molecule has 0 atom stereocenters. The van der Waals surface area contributed by atoms with Crippen molar-refractivity contribution in [1.29, 1.82) is 0 Å². The lowest BCUT2D eigenvalue weighted by Gasteiger charge is -2.32. The normalized spacial score (nSPS) is 21.1. The van der Waals surface area contributed by atoms with Crippen LogP contribution >= 0.6 is 11.6 Å². The molecule has 2 aliphatic rings. The molecular formula is C15H20ClN3. The quantitative estimate of drug-likeness (QED) is 0.679. The van der Waals surface area contributed by atoms with Crippen molar-refractivity contribution in [3.63, 3.8) is 0 Å². The molecule has 1 saturated carbocycles. The lowest BCUT2D eigenvalue weighted by molar-refractivity contribution is 0.294. The first kappa shape index (κ1) is 12.8. The van der Waals surface area contributed by atoms with E-state index >= 15 is 0 Å². The highest BCUT2D eigenvalue weighted by Gasteiger charge is 2.42. The zero-order chi connectivity index (χ0) is 13.3. The first-order chi connectivity index (χ1) is 9.17. The maximum atomic E-state index is 6.04. The number of benzene rings is 1. The Labute approximate surface area is 119 Å². The highest BCUT2D eigenvalue weighted by Crippen LogP contribution is 2.48. The Morgan fingerprint density at radius 3 is 2.74 bits per heavy atom. The molecule has 0 radical (unpaired) electrons. The summed E-state index contributed by atoms with van der Waals surface area (Å²) in [6.07, 6.45) is 4.79. The van der Waals surface area contributed by atoms with Crippen LogP contribution in [0.5, 0.6) is 0 Å². The topological polar surface area (TPSA) is 41.6 Å². The number of hydrogen-bond acceptors (Lipinski definition) is 1. The number of nitrogens with zero attached hydrogens (tertiary/aromatic N) is 2. The third-order valence-corrected chi connectivity index (χ3v) is 4.42. The zero-order valence-corrected chi connectivity index (χ0v) is 11.9. The van der Waals surface area contributed by atoms with Gasteiger partial charge in [0.25, 0.3) is 0 Å². The van der Waals surface area contributed by atoms with E-state index in [1.807, 2.05) is 12.1 Å². The fourth-order valence-electron chi connectivity index (χ4n) is 2.54. The van der Waals surface area contributed by atoms with Gasteiger partial charge in [0, 0.05) is 24.7 Å². The number of rotatable bonds is 4. The van der Waals surface area contributed by atoms with Gasteiger partial charge in [-0.05, 0) is 48.8 Å². The molecule has 2 N–H and O–H groups in total. The van der Waals surface area contributed by atoms with E-state index in [4.69, 9.17) is 17.3 Å². The number of guanidine groups is 1. The maximum Gasteiger partial charge on any atom is 0.191 e. The lowest BCUT2D eigenvalue weighted by atomic mass is 9.97. The number of aliphatic imine (C=N–C) groups is 1. The van der Waals surface area contributed by atoms with E-state index in [9.17, 15) is 0 Å². The molecule has 4 heteroatoms. The van der Waals surface area contributed by atoms with E-state index < -0.39 is 0 Å². The van der Waals surface area contributed by atoms with E-state index in [0.29, 0.717) is 5.41 Å². The van der Waals surface area contributed by atoms with Gasteiger partial charge in [-0.3, -0.25) is 4.99 Å². The van der Waals surface area contributed by atoms with Gasteiger partial charge in [-0.25, -0.2) is 0 Å². The summed E-state index contributed by atoms with van der Waals surface area (Å²) in [5.41, 5.74) is 7.63. The largest absolute Gasteiger partial charge is 0.370 e. The Hall–Kier alpha value is -1.22. The third kappa shape index (κ3) is 3.03. The third-order valence-electron chi connectivity index (χ3n) is 4.18. The fourth-order valence-corrected chi connectivity index (χ4v) is 2.75. The Kier molecular flexibility index (Phi) is 3.40. The van der Waals surface area contributed by atoms with E-state index in [2.05, 4.69) is 22.0 Å². The highest BCUT2D eigenvalue weighted by atomic mass is 35.5. The molecule has 0 bridgehead atoms. The number of hydrogen-bond donors (Lipinski definition) is 1. The summed E-state index contributed by atoms with van der Waals surface area (Å²) in [5.74, 6) is 0.726. The molecule has 1 aromatic carbocycles. The fraction of sp³-hybridized carbons (Fsp3) is 0.533. The predicted molar refractivity (Wildman–Crippen MR) is 79.5 cm³/mol. The van der Waals surface area contributed by atoms with Crippen molar-refractivity contribution in [1.82, 2.24) is 4.90 Å². The van der Waals surface area contributed by atoms with Crippen LogP contribution in [0.3, 0.4) is 0 Å². The second-order valence-corrected chi connectivity index (χ2v) is 6.26. The van der Waals surface area contributed by atoms with Crippen molar-refractivity contribution >= 4 is 17.6 Å². The van der Waals surface area contributed by atoms with Crippen molar-refractivity contribution in [2.75, 3.05) is 19.6 Å². The van der Waals surface area contributed by atoms with Crippen LogP contribution < -0.4 is 5.73 Å². The molecule has 0 aromatic heterocycles. The monoisotopic (exact) mass is 277 g/mol. The minimum absolute atomic E-state index is 0.334. The summed E-state index contributed by atoms with van der Waals surface area (Å²) in [7, 11) is 0. The minimum Gasteiger partial charge on any atom is -0.370 e. The van der Waals surface area contributed by atoms with E-state index in [1.165, 1.54) is 24.8 Å². The highest BCUT2D eigenvalue weighted by molar-refractivity contribution is 6.30. The van der Waals surface area contributed by atoms with Crippen molar-refractivity contribution in [2.24, 2.45) is 16.1 Å². The summed E-state index contributed by atoms with van der Waals surface area (Å²) in [5, 5.41) is 0.817. The first-order valence-electron chi connectivity index (χ1n) is 6.96.